The lowest BCUT2D eigenvalue weighted by Gasteiger charge is -2.29. The zero-order valence-electron chi connectivity index (χ0n) is 12.1. The summed E-state index contributed by atoms with van der Waals surface area (Å²) in [6.45, 7) is 8.10. The van der Waals surface area contributed by atoms with Gasteiger partial charge in [-0.2, -0.15) is 0 Å². The lowest BCUT2D eigenvalue weighted by molar-refractivity contribution is 0.0800. The zero-order chi connectivity index (χ0) is 13.7. The fourth-order valence-corrected chi connectivity index (χ4v) is 2.42. The van der Waals surface area contributed by atoms with Crippen LogP contribution in [0.3, 0.4) is 0 Å². The summed E-state index contributed by atoms with van der Waals surface area (Å²) in [4.78, 5) is 2.41. The molecule has 1 saturated heterocycles. The maximum Gasteiger partial charge on any atom is 0.119 e. The highest BCUT2D eigenvalue weighted by atomic mass is 16.5. The molecule has 3 nitrogen and oxygen atoms in total. The Morgan fingerprint density at radius 1 is 1.21 bits per heavy atom. The van der Waals surface area contributed by atoms with E-state index in [2.05, 4.69) is 30.9 Å². The van der Waals surface area contributed by atoms with Crippen LogP contribution in [0.2, 0.25) is 0 Å². The minimum absolute atomic E-state index is 0.0805. The lowest BCUT2D eigenvalue weighted by Crippen LogP contribution is -2.36. The van der Waals surface area contributed by atoms with E-state index in [1.807, 2.05) is 6.07 Å². The van der Waals surface area contributed by atoms with E-state index in [1.54, 1.807) is 0 Å². The zero-order valence-corrected chi connectivity index (χ0v) is 12.1. The standard InChI is InChI=1S/C16H25NO2/c1-13-4-5-16(12-14(13)2)19-11-3-8-17-9-6-15(18)7-10-17/h4-5,12,15,18H,3,6-11H2,1-2H3. The van der Waals surface area contributed by atoms with E-state index in [-0.39, 0.29) is 6.10 Å². The molecule has 0 saturated carbocycles. The fourth-order valence-electron chi connectivity index (χ4n) is 2.42. The number of hydrogen-bond acceptors (Lipinski definition) is 3. The lowest BCUT2D eigenvalue weighted by atomic mass is 10.1. The molecule has 1 aromatic carbocycles. The molecule has 3 heteroatoms. The molecule has 19 heavy (non-hydrogen) atoms. The second kappa shape index (κ2) is 6.92. The predicted octanol–water partition coefficient (Wildman–Crippen LogP) is 2.53. The minimum Gasteiger partial charge on any atom is -0.494 e. The van der Waals surface area contributed by atoms with Crippen LogP contribution >= 0.6 is 0 Å². The van der Waals surface area contributed by atoms with Gasteiger partial charge in [-0.15, -0.1) is 0 Å². The number of piperidine rings is 1. The number of aryl methyl sites for hydroxylation is 2. The molecule has 1 aliphatic heterocycles. The SMILES string of the molecule is Cc1ccc(OCCCN2CCC(O)CC2)cc1C. The van der Waals surface area contributed by atoms with Crippen LogP contribution in [-0.4, -0.2) is 42.4 Å². The molecule has 0 bridgehead atoms. The Kier molecular flexibility index (Phi) is 5.23. The number of aliphatic hydroxyl groups excluding tert-OH is 1. The second-order valence-corrected chi connectivity index (χ2v) is 5.52. The minimum atomic E-state index is -0.0805. The van der Waals surface area contributed by atoms with E-state index in [4.69, 9.17) is 4.74 Å². The summed E-state index contributed by atoms with van der Waals surface area (Å²) in [6.07, 6.45) is 2.79. The van der Waals surface area contributed by atoms with E-state index in [1.165, 1.54) is 11.1 Å². The highest BCUT2D eigenvalue weighted by molar-refractivity contribution is 5.33. The molecule has 1 N–H and O–H groups in total. The molecule has 1 aromatic rings. The van der Waals surface area contributed by atoms with Gasteiger partial charge in [0.2, 0.25) is 0 Å². The van der Waals surface area contributed by atoms with E-state index in [0.717, 1.165) is 51.3 Å². The molecular weight excluding hydrogens is 238 g/mol. The summed E-state index contributed by atoms with van der Waals surface area (Å²) in [5.41, 5.74) is 2.58. The van der Waals surface area contributed by atoms with E-state index in [0.29, 0.717) is 0 Å². The van der Waals surface area contributed by atoms with Crippen molar-refractivity contribution in [1.82, 2.24) is 4.90 Å². The largest absolute Gasteiger partial charge is 0.494 e. The van der Waals surface area contributed by atoms with Crippen molar-refractivity contribution < 1.29 is 9.84 Å². The van der Waals surface area contributed by atoms with Gasteiger partial charge in [-0.1, -0.05) is 6.07 Å². The van der Waals surface area contributed by atoms with Crippen LogP contribution in [0.4, 0.5) is 0 Å². The average molecular weight is 263 g/mol. The van der Waals surface area contributed by atoms with Crippen molar-refractivity contribution in [2.24, 2.45) is 0 Å². The van der Waals surface area contributed by atoms with Crippen LogP contribution in [0.25, 0.3) is 0 Å². The monoisotopic (exact) mass is 263 g/mol. The van der Waals surface area contributed by atoms with Crippen LogP contribution in [0, 0.1) is 13.8 Å². The number of hydrogen-bond donors (Lipinski definition) is 1. The molecule has 0 amide bonds. The predicted molar refractivity (Wildman–Crippen MR) is 77.7 cm³/mol. The molecular formula is C16H25NO2. The normalized spacial score (nSPS) is 17.6. The summed E-state index contributed by atoms with van der Waals surface area (Å²) in [5, 5.41) is 9.44. The average Bonchev–Trinajstić information content (AvgIpc) is 2.41. The van der Waals surface area contributed by atoms with Crippen molar-refractivity contribution in [2.45, 2.75) is 39.2 Å². The number of benzene rings is 1. The van der Waals surface area contributed by atoms with E-state index in [9.17, 15) is 5.11 Å². The Balaban J connectivity index is 1.65. The quantitative estimate of drug-likeness (QED) is 0.829. The summed E-state index contributed by atoms with van der Waals surface area (Å²) in [6, 6.07) is 6.25. The van der Waals surface area contributed by atoms with Crippen molar-refractivity contribution in [3.63, 3.8) is 0 Å². The first-order chi connectivity index (χ1) is 9.15. The van der Waals surface area contributed by atoms with Crippen molar-refractivity contribution in [1.29, 1.82) is 0 Å². The number of likely N-dealkylation sites (tertiary alicyclic amines) is 1. The summed E-state index contributed by atoms with van der Waals surface area (Å²) >= 11 is 0. The number of ether oxygens (including phenoxy) is 1. The number of nitrogens with zero attached hydrogens (tertiary/aromatic N) is 1. The Hall–Kier alpha value is -1.06. The molecule has 1 fully saturated rings. The summed E-state index contributed by atoms with van der Waals surface area (Å²) in [5.74, 6) is 0.970. The van der Waals surface area contributed by atoms with Gasteiger partial charge in [0.05, 0.1) is 12.7 Å². The highest BCUT2D eigenvalue weighted by Gasteiger charge is 2.15. The van der Waals surface area contributed by atoms with Crippen LogP contribution < -0.4 is 4.74 Å². The first-order valence-electron chi connectivity index (χ1n) is 7.25. The van der Waals surface area contributed by atoms with Gasteiger partial charge in [0, 0.05) is 19.6 Å². The molecule has 0 aliphatic carbocycles. The van der Waals surface area contributed by atoms with Gasteiger partial charge < -0.3 is 14.7 Å². The molecule has 2 rings (SSSR count). The van der Waals surface area contributed by atoms with Crippen molar-refractivity contribution >= 4 is 0 Å². The van der Waals surface area contributed by atoms with Crippen LogP contribution in [0.15, 0.2) is 18.2 Å². The molecule has 0 unspecified atom stereocenters. The maximum atomic E-state index is 9.44. The Labute approximate surface area is 116 Å². The van der Waals surface area contributed by atoms with Gasteiger partial charge in [0.1, 0.15) is 5.75 Å². The fraction of sp³-hybridized carbons (Fsp3) is 0.625. The number of aliphatic hydroxyl groups is 1. The first-order valence-corrected chi connectivity index (χ1v) is 7.25. The molecule has 1 heterocycles. The Morgan fingerprint density at radius 3 is 2.63 bits per heavy atom. The topological polar surface area (TPSA) is 32.7 Å². The summed E-state index contributed by atoms with van der Waals surface area (Å²) < 4.78 is 5.78. The summed E-state index contributed by atoms with van der Waals surface area (Å²) in [7, 11) is 0. The van der Waals surface area contributed by atoms with Gasteiger partial charge in [0.25, 0.3) is 0 Å². The maximum absolute atomic E-state index is 9.44. The third-order valence-electron chi connectivity index (χ3n) is 3.92. The van der Waals surface area contributed by atoms with E-state index < -0.39 is 0 Å². The first kappa shape index (κ1) is 14.4. The third-order valence-corrected chi connectivity index (χ3v) is 3.92. The molecule has 0 aromatic heterocycles. The number of rotatable bonds is 5. The Morgan fingerprint density at radius 2 is 1.95 bits per heavy atom. The van der Waals surface area contributed by atoms with Crippen LogP contribution in [0.1, 0.15) is 30.4 Å². The van der Waals surface area contributed by atoms with Crippen LogP contribution in [-0.2, 0) is 0 Å². The van der Waals surface area contributed by atoms with Gasteiger partial charge in [0.15, 0.2) is 0 Å². The van der Waals surface area contributed by atoms with Crippen LogP contribution in [0.5, 0.6) is 5.75 Å². The molecule has 0 radical (unpaired) electrons. The van der Waals surface area contributed by atoms with Gasteiger partial charge in [-0.3, -0.25) is 0 Å². The van der Waals surface area contributed by atoms with Gasteiger partial charge in [-0.05, 0) is 56.4 Å². The molecule has 1 aliphatic rings. The van der Waals surface area contributed by atoms with Crippen molar-refractivity contribution in [2.75, 3.05) is 26.2 Å². The third kappa shape index (κ3) is 4.51. The van der Waals surface area contributed by atoms with E-state index >= 15 is 0 Å². The smallest absolute Gasteiger partial charge is 0.119 e. The van der Waals surface area contributed by atoms with Crippen molar-refractivity contribution in [3.8, 4) is 5.75 Å². The molecule has 0 atom stereocenters. The molecule has 0 spiro atoms. The van der Waals surface area contributed by atoms with Gasteiger partial charge in [-0.25, -0.2) is 0 Å². The Bertz CT molecular complexity index is 398. The highest BCUT2D eigenvalue weighted by Crippen LogP contribution is 2.16. The second-order valence-electron chi connectivity index (χ2n) is 5.52. The molecule has 106 valence electrons. The van der Waals surface area contributed by atoms with Gasteiger partial charge >= 0.3 is 0 Å². The van der Waals surface area contributed by atoms with Crippen molar-refractivity contribution in [3.05, 3.63) is 29.3 Å².